The minimum atomic E-state index is 0.392. The van der Waals surface area contributed by atoms with Crippen molar-refractivity contribution in [3.05, 3.63) is 42.8 Å². The largest absolute Gasteiger partial charge is 0.478 e. The van der Waals surface area contributed by atoms with Gasteiger partial charge in [-0.3, -0.25) is 0 Å². The molecule has 0 saturated carbocycles. The smallest absolute Gasteiger partial charge is 0.257 e. The molecule has 0 spiro atoms. The first-order chi connectivity index (χ1) is 12.8. The van der Waals surface area contributed by atoms with Crippen molar-refractivity contribution in [1.82, 2.24) is 34.3 Å². The Balaban J connectivity index is 1.44. The third kappa shape index (κ3) is 3.12. The van der Waals surface area contributed by atoms with Crippen molar-refractivity contribution in [3.8, 4) is 5.88 Å². The Morgan fingerprint density at radius 2 is 1.92 bits per heavy atom. The fourth-order valence-electron chi connectivity index (χ4n) is 3.44. The Kier molecular flexibility index (Phi) is 4.51. The van der Waals surface area contributed by atoms with Gasteiger partial charge in [0.1, 0.15) is 5.82 Å². The summed E-state index contributed by atoms with van der Waals surface area (Å²) in [4.78, 5) is 15.0. The average Bonchev–Trinajstić information content (AvgIpc) is 3.33. The maximum Gasteiger partial charge on any atom is 0.257 e. The molecule has 0 unspecified atom stereocenters. The van der Waals surface area contributed by atoms with Crippen molar-refractivity contribution < 1.29 is 4.74 Å². The number of hydrogen-bond donors (Lipinski definition) is 0. The predicted molar refractivity (Wildman–Crippen MR) is 95.1 cm³/mol. The summed E-state index contributed by atoms with van der Waals surface area (Å²) in [7, 11) is 3.67. The van der Waals surface area contributed by atoms with Crippen LogP contribution in [-0.4, -0.2) is 54.5 Å². The second-order valence-electron chi connectivity index (χ2n) is 6.42. The minimum Gasteiger partial charge on any atom is -0.478 e. The molecule has 9 nitrogen and oxygen atoms in total. The first-order valence-corrected chi connectivity index (χ1v) is 8.70. The van der Waals surface area contributed by atoms with Crippen LogP contribution in [0.25, 0.3) is 0 Å². The molecule has 3 aromatic rings. The van der Waals surface area contributed by atoms with Gasteiger partial charge in [0.25, 0.3) is 5.88 Å². The zero-order chi connectivity index (χ0) is 17.9. The van der Waals surface area contributed by atoms with Crippen LogP contribution in [0, 0.1) is 0 Å². The molecule has 4 rings (SSSR count). The molecule has 0 N–H and O–H groups in total. The van der Waals surface area contributed by atoms with Crippen LogP contribution in [0.2, 0.25) is 0 Å². The van der Waals surface area contributed by atoms with Gasteiger partial charge in [0.15, 0.2) is 11.6 Å². The number of rotatable bonds is 5. The Morgan fingerprint density at radius 3 is 2.65 bits per heavy atom. The number of hydrogen-bond acceptors (Lipinski definition) is 7. The maximum absolute atomic E-state index is 5.33. The second-order valence-corrected chi connectivity index (χ2v) is 6.42. The number of imidazole rings is 1. The summed E-state index contributed by atoms with van der Waals surface area (Å²) in [5.41, 5.74) is 0. The van der Waals surface area contributed by atoms with Crippen LogP contribution < -0.4 is 9.64 Å². The van der Waals surface area contributed by atoms with Crippen LogP contribution in [0.15, 0.2) is 31.1 Å². The molecule has 0 amide bonds. The number of anilines is 1. The van der Waals surface area contributed by atoms with Gasteiger partial charge in [-0.05, 0) is 12.8 Å². The van der Waals surface area contributed by atoms with E-state index in [0.717, 1.165) is 43.4 Å². The third-order valence-corrected chi connectivity index (χ3v) is 4.88. The molecule has 26 heavy (non-hydrogen) atoms. The van der Waals surface area contributed by atoms with Crippen molar-refractivity contribution in [3.63, 3.8) is 0 Å². The maximum atomic E-state index is 5.33. The molecule has 136 valence electrons. The Hall–Kier alpha value is -2.97. The molecule has 1 fully saturated rings. The van der Waals surface area contributed by atoms with Crippen LogP contribution in [0.5, 0.6) is 5.88 Å². The predicted octanol–water partition coefficient (Wildman–Crippen LogP) is 1.24. The van der Waals surface area contributed by atoms with E-state index in [4.69, 9.17) is 4.74 Å². The van der Waals surface area contributed by atoms with Gasteiger partial charge in [0.2, 0.25) is 0 Å². The molecule has 4 heterocycles. The highest BCUT2D eigenvalue weighted by molar-refractivity contribution is 5.48. The summed E-state index contributed by atoms with van der Waals surface area (Å²) in [6.07, 6.45) is 10.8. The topological polar surface area (TPSA) is 86.8 Å². The monoisotopic (exact) mass is 354 g/mol. The number of aromatic nitrogens is 7. The number of methoxy groups -OCH3 is 1. The Labute approximate surface area is 151 Å². The van der Waals surface area contributed by atoms with Gasteiger partial charge in [-0.2, -0.15) is 0 Å². The molecular weight excluding hydrogens is 332 g/mol. The lowest BCUT2D eigenvalue weighted by atomic mass is 9.96. The molecular formula is C17H22N8O. The van der Waals surface area contributed by atoms with E-state index < -0.39 is 0 Å². The van der Waals surface area contributed by atoms with E-state index in [2.05, 4.69) is 34.6 Å². The van der Waals surface area contributed by atoms with Gasteiger partial charge < -0.3 is 18.8 Å². The van der Waals surface area contributed by atoms with Gasteiger partial charge in [-0.1, -0.05) is 0 Å². The highest BCUT2D eigenvalue weighted by atomic mass is 16.5. The molecule has 1 saturated heterocycles. The molecule has 9 heteroatoms. The van der Waals surface area contributed by atoms with Crippen LogP contribution in [0.1, 0.15) is 30.4 Å². The molecule has 3 aromatic heterocycles. The Bertz CT molecular complexity index is 852. The SMILES string of the molecule is COc1nccnc1N1CCC(c2nnc(Cn3ccnc3)n2C)CC1. The van der Waals surface area contributed by atoms with Crippen molar-refractivity contribution in [1.29, 1.82) is 0 Å². The van der Waals surface area contributed by atoms with Crippen molar-refractivity contribution in [2.45, 2.75) is 25.3 Å². The summed E-state index contributed by atoms with van der Waals surface area (Å²) in [6, 6.07) is 0. The average molecular weight is 354 g/mol. The van der Waals surface area contributed by atoms with Crippen LogP contribution in [0.4, 0.5) is 5.82 Å². The van der Waals surface area contributed by atoms with E-state index in [1.165, 1.54) is 0 Å². The van der Waals surface area contributed by atoms with E-state index in [1.54, 1.807) is 32.0 Å². The van der Waals surface area contributed by atoms with Crippen LogP contribution in [-0.2, 0) is 13.6 Å². The standard InChI is InChI=1S/C17H22N8O/c1-23-14(11-24-10-7-18-12-24)21-22-15(23)13-3-8-25(9-4-13)16-17(26-2)20-6-5-19-16/h5-7,10,12-13H,3-4,8-9,11H2,1-2H3. The highest BCUT2D eigenvalue weighted by Gasteiger charge is 2.27. The van der Waals surface area contributed by atoms with Gasteiger partial charge >= 0.3 is 0 Å². The number of ether oxygens (including phenoxy) is 1. The Morgan fingerprint density at radius 1 is 1.12 bits per heavy atom. The van der Waals surface area contributed by atoms with Gasteiger partial charge in [-0.25, -0.2) is 15.0 Å². The summed E-state index contributed by atoms with van der Waals surface area (Å²) in [6.45, 7) is 2.46. The van der Waals surface area contributed by atoms with Gasteiger partial charge in [-0.15, -0.1) is 10.2 Å². The first kappa shape index (κ1) is 16.5. The van der Waals surface area contributed by atoms with Gasteiger partial charge in [0, 0.05) is 50.8 Å². The molecule has 0 radical (unpaired) electrons. The summed E-state index contributed by atoms with van der Waals surface area (Å²) in [5, 5.41) is 8.84. The quantitative estimate of drug-likeness (QED) is 0.681. The lowest BCUT2D eigenvalue weighted by Gasteiger charge is -2.32. The zero-order valence-electron chi connectivity index (χ0n) is 15.0. The molecule has 0 aromatic carbocycles. The fourth-order valence-corrected chi connectivity index (χ4v) is 3.44. The summed E-state index contributed by atoms with van der Waals surface area (Å²) >= 11 is 0. The minimum absolute atomic E-state index is 0.392. The van der Waals surface area contributed by atoms with E-state index in [9.17, 15) is 0 Å². The summed E-state index contributed by atoms with van der Waals surface area (Å²) in [5.74, 6) is 3.77. The number of nitrogens with zero attached hydrogens (tertiary/aromatic N) is 8. The van der Waals surface area contributed by atoms with E-state index in [1.807, 2.05) is 17.8 Å². The lowest BCUT2D eigenvalue weighted by Crippen LogP contribution is -2.34. The van der Waals surface area contributed by atoms with Crippen molar-refractivity contribution in [2.24, 2.45) is 7.05 Å². The van der Waals surface area contributed by atoms with Crippen molar-refractivity contribution >= 4 is 5.82 Å². The van der Waals surface area contributed by atoms with E-state index in [-0.39, 0.29) is 0 Å². The first-order valence-electron chi connectivity index (χ1n) is 8.70. The van der Waals surface area contributed by atoms with Crippen LogP contribution in [0.3, 0.4) is 0 Å². The van der Waals surface area contributed by atoms with E-state index >= 15 is 0 Å². The second kappa shape index (κ2) is 7.11. The highest BCUT2D eigenvalue weighted by Crippen LogP contribution is 2.31. The molecule has 0 atom stereocenters. The van der Waals surface area contributed by atoms with E-state index in [0.29, 0.717) is 18.3 Å². The molecule has 0 aliphatic carbocycles. The molecule has 1 aliphatic rings. The fraction of sp³-hybridized carbons (Fsp3) is 0.471. The zero-order valence-corrected chi connectivity index (χ0v) is 15.0. The summed E-state index contributed by atoms with van der Waals surface area (Å²) < 4.78 is 9.44. The van der Waals surface area contributed by atoms with Crippen LogP contribution >= 0.6 is 0 Å². The van der Waals surface area contributed by atoms with Gasteiger partial charge in [0.05, 0.1) is 20.0 Å². The lowest BCUT2D eigenvalue weighted by molar-refractivity contribution is 0.391. The molecule has 1 aliphatic heterocycles. The number of piperidine rings is 1. The normalized spacial score (nSPS) is 15.4. The van der Waals surface area contributed by atoms with Crippen molar-refractivity contribution in [2.75, 3.05) is 25.1 Å². The molecule has 0 bridgehead atoms. The third-order valence-electron chi connectivity index (χ3n) is 4.88.